The first-order valence-electron chi connectivity index (χ1n) is 5.36. The highest BCUT2D eigenvalue weighted by Crippen LogP contribution is 2.33. The summed E-state index contributed by atoms with van der Waals surface area (Å²) in [6.07, 6.45) is 3.63. The minimum absolute atomic E-state index is 0.451. The fraction of sp³-hybridized carbons (Fsp3) is 0.636. The molecule has 2 rings (SSSR count). The number of hydrogen-bond acceptors (Lipinski definition) is 4. The van der Waals surface area contributed by atoms with Gasteiger partial charge in [-0.05, 0) is 12.6 Å². The standard InChI is InChI=1S/C11H17NOS2/c1-2-12-11(9-3-4-13-7-9)10-8-14-5-6-15-10/h3-4,7,10-12H,2,5-6,8H2,1H3. The quantitative estimate of drug-likeness (QED) is 0.879. The van der Waals surface area contributed by atoms with Gasteiger partial charge in [-0.3, -0.25) is 0 Å². The van der Waals surface area contributed by atoms with E-state index in [1.165, 1.54) is 22.8 Å². The van der Waals surface area contributed by atoms with Crippen molar-refractivity contribution in [3.8, 4) is 0 Å². The van der Waals surface area contributed by atoms with Crippen molar-refractivity contribution in [1.29, 1.82) is 0 Å². The minimum atomic E-state index is 0.451. The van der Waals surface area contributed by atoms with Crippen molar-refractivity contribution in [1.82, 2.24) is 5.32 Å². The molecule has 1 aromatic rings. The number of nitrogens with one attached hydrogen (secondary N) is 1. The van der Waals surface area contributed by atoms with E-state index in [4.69, 9.17) is 4.42 Å². The van der Waals surface area contributed by atoms with E-state index in [1.807, 2.05) is 6.26 Å². The molecule has 0 amide bonds. The van der Waals surface area contributed by atoms with Crippen molar-refractivity contribution in [3.05, 3.63) is 24.2 Å². The molecule has 0 radical (unpaired) electrons. The first kappa shape index (κ1) is 11.4. The third kappa shape index (κ3) is 2.95. The van der Waals surface area contributed by atoms with E-state index < -0.39 is 0 Å². The predicted octanol–water partition coefficient (Wildman–Crippen LogP) is 2.78. The molecule has 0 bridgehead atoms. The zero-order valence-electron chi connectivity index (χ0n) is 8.94. The Kier molecular flexibility index (Phi) is 4.47. The minimum Gasteiger partial charge on any atom is -0.472 e. The Morgan fingerprint density at radius 1 is 1.60 bits per heavy atom. The summed E-state index contributed by atoms with van der Waals surface area (Å²) in [6, 6.07) is 2.53. The molecular weight excluding hydrogens is 226 g/mol. The first-order valence-corrected chi connectivity index (χ1v) is 7.57. The number of thioether (sulfide) groups is 2. The van der Waals surface area contributed by atoms with Crippen molar-refractivity contribution < 1.29 is 4.42 Å². The molecule has 0 spiro atoms. The Morgan fingerprint density at radius 3 is 3.13 bits per heavy atom. The Morgan fingerprint density at radius 2 is 2.53 bits per heavy atom. The summed E-state index contributed by atoms with van der Waals surface area (Å²) < 4.78 is 5.18. The van der Waals surface area contributed by atoms with Crippen LogP contribution in [0.3, 0.4) is 0 Å². The van der Waals surface area contributed by atoms with E-state index in [9.17, 15) is 0 Å². The molecule has 2 atom stereocenters. The summed E-state index contributed by atoms with van der Waals surface area (Å²) in [7, 11) is 0. The topological polar surface area (TPSA) is 25.2 Å². The zero-order chi connectivity index (χ0) is 10.5. The first-order chi connectivity index (χ1) is 7.42. The van der Waals surface area contributed by atoms with Gasteiger partial charge in [-0.2, -0.15) is 23.5 Å². The largest absolute Gasteiger partial charge is 0.472 e. The van der Waals surface area contributed by atoms with Gasteiger partial charge in [0.2, 0.25) is 0 Å². The Labute approximate surface area is 99.6 Å². The molecule has 2 nitrogen and oxygen atoms in total. The van der Waals surface area contributed by atoms with Crippen LogP contribution in [0.4, 0.5) is 0 Å². The lowest BCUT2D eigenvalue weighted by Crippen LogP contribution is -2.33. The zero-order valence-corrected chi connectivity index (χ0v) is 10.6. The number of rotatable bonds is 4. The summed E-state index contributed by atoms with van der Waals surface area (Å²) in [4.78, 5) is 0. The Bertz CT molecular complexity index is 270. The van der Waals surface area contributed by atoms with Crippen LogP contribution >= 0.6 is 23.5 Å². The molecular formula is C11H17NOS2. The highest BCUT2D eigenvalue weighted by molar-refractivity contribution is 8.06. The molecule has 2 unspecified atom stereocenters. The molecule has 2 heterocycles. The fourth-order valence-electron chi connectivity index (χ4n) is 1.83. The van der Waals surface area contributed by atoms with Gasteiger partial charge in [0.05, 0.1) is 12.5 Å². The maximum absolute atomic E-state index is 5.18. The van der Waals surface area contributed by atoms with Crippen molar-refractivity contribution in [2.45, 2.75) is 18.2 Å². The molecule has 1 aliphatic heterocycles. The average Bonchev–Trinajstić information content (AvgIpc) is 2.80. The van der Waals surface area contributed by atoms with E-state index in [0.29, 0.717) is 11.3 Å². The molecule has 1 aromatic heterocycles. The fourth-order valence-corrected chi connectivity index (χ4v) is 4.70. The van der Waals surface area contributed by atoms with Gasteiger partial charge < -0.3 is 9.73 Å². The van der Waals surface area contributed by atoms with Crippen LogP contribution in [0.1, 0.15) is 18.5 Å². The Balaban J connectivity index is 2.04. The lowest BCUT2D eigenvalue weighted by molar-refractivity contribution is 0.525. The smallest absolute Gasteiger partial charge is 0.0950 e. The molecule has 4 heteroatoms. The van der Waals surface area contributed by atoms with E-state index in [0.717, 1.165) is 6.54 Å². The van der Waals surface area contributed by atoms with Crippen LogP contribution < -0.4 is 5.32 Å². The molecule has 1 N–H and O–H groups in total. The SMILES string of the molecule is CCNC(c1ccoc1)C1CSCCS1. The maximum Gasteiger partial charge on any atom is 0.0950 e. The van der Waals surface area contributed by atoms with Gasteiger partial charge >= 0.3 is 0 Å². The van der Waals surface area contributed by atoms with Crippen molar-refractivity contribution in [3.63, 3.8) is 0 Å². The molecule has 15 heavy (non-hydrogen) atoms. The molecule has 1 saturated heterocycles. The highest BCUT2D eigenvalue weighted by Gasteiger charge is 2.25. The molecule has 1 fully saturated rings. The van der Waals surface area contributed by atoms with Gasteiger partial charge in [-0.25, -0.2) is 0 Å². The molecule has 0 aromatic carbocycles. The molecule has 0 aliphatic carbocycles. The van der Waals surface area contributed by atoms with Gasteiger partial charge in [-0.1, -0.05) is 6.92 Å². The second-order valence-electron chi connectivity index (χ2n) is 3.58. The van der Waals surface area contributed by atoms with E-state index in [1.54, 1.807) is 6.26 Å². The number of furan rings is 1. The van der Waals surface area contributed by atoms with Crippen molar-refractivity contribution >= 4 is 23.5 Å². The summed E-state index contributed by atoms with van der Waals surface area (Å²) in [5.41, 5.74) is 1.29. The summed E-state index contributed by atoms with van der Waals surface area (Å²) in [5, 5.41) is 4.24. The third-order valence-corrected chi connectivity index (χ3v) is 5.40. The van der Waals surface area contributed by atoms with Crippen LogP contribution in [-0.4, -0.2) is 29.1 Å². The third-order valence-electron chi connectivity index (χ3n) is 2.54. The van der Waals surface area contributed by atoms with Crippen molar-refractivity contribution in [2.24, 2.45) is 0 Å². The molecule has 84 valence electrons. The molecule has 1 aliphatic rings. The van der Waals surface area contributed by atoms with Crippen molar-refractivity contribution in [2.75, 3.05) is 23.8 Å². The summed E-state index contributed by atoms with van der Waals surface area (Å²) in [6.45, 7) is 3.17. The summed E-state index contributed by atoms with van der Waals surface area (Å²) >= 11 is 4.15. The molecule has 0 saturated carbocycles. The monoisotopic (exact) mass is 243 g/mol. The van der Waals surface area contributed by atoms with Gasteiger partial charge in [0.25, 0.3) is 0 Å². The van der Waals surface area contributed by atoms with Crippen LogP contribution in [0.5, 0.6) is 0 Å². The lowest BCUT2D eigenvalue weighted by atomic mass is 10.1. The second-order valence-corrected chi connectivity index (χ2v) is 6.07. The predicted molar refractivity (Wildman–Crippen MR) is 68.7 cm³/mol. The second kappa shape index (κ2) is 5.87. The van der Waals surface area contributed by atoms with Crippen LogP contribution in [-0.2, 0) is 0 Å². The maximum atomic E-state index is 5.18. The van der Waals surface area contributed by atoms with E-state index in [2.05, 4.69) is 41.8 Å². The average molecular weight is 243 g/mol. The lowest BCUT2D eigenvalue weighted by Gasteiger charge is -2.29. The van der Waals surface area contributed by atoms with Gasteiger partial charge in [-0.15, -0.1) is 0 Å². The van der Waals surface area contributed by atoms with Crippen LogP contribution in [0.25, 0.3) is 0 Å². The van der Waals surface area contributed by atoms with Crippen LogP contribution in [0.15, 0.2) is 23.0 Å². The Hall–Kier alpha value is -0.0600. The van der Waals surface area contributed by atoms with Crippen LogP contribution in [0, 0.1) is 0 Å². The van der Waals surface area contributed by atoms with Gasteiger partial charge in [0.1, 0.15) is 0 Å². The van der Waals surface area contributed by atoms with Gasteiger partial charge in [0, 0.05) is 34.1 Å². The highest BCUT2D eigenvalue weighted by atomic mass is 32.2. The number of hydrogen-bond donors (Lipinski definition) is 1. The normalized spacial score (nSPS) is 23.9. The van der Waals surface area contributed by atoms with E-state index in [-0.39, 0.29) is 0 Å². The van der Waals surface area contributed by atoms with Crippen LogP contribution in [0.2, 0.25) is 0 Å². The van der Waals surface area contributed by atoms with Gasteiger partial charge in [0.15, 0.2) is 0 Å². The van der Waals surface area contributed by atoms with E-state index >= 15 is 0 Å². The summed E-state index contributed by atoms with van der Waals surface area (Å²) in [5.74, 6) is 3.81.